The van der Waals surface area contributed by atoms with Gasteiger partial charge in [-0.15, -0.1) is 0 Å². The van der Waals surface area contributed by atoms with Gasteiger partial charge in [-0.05, 0) is 36.6 Å². The Morgan fingerprint density at radius 2 is 1.96 bits per heavy atom. The molecule has 4 heterocycles. The Morgan fingerprint density at radius 3 is 2.58 bits per heavy atom. The number of phosphoric acid groups is 1. The lowest BCUT2D eigenvalue weighted by atomic mass is 9.95. The van der Waals surface area contributed by atoms with Gasteiger partial charge in [-0.25, -0.2) is 19.3 Å². The third kappa shape index (κ3) is 8.44. The Balaban J connectivity index is 0.000000671. The Bertz CT molecular complexity index is 1680. The Morgan fingerprint density at radius 1 is 1.27 bits per heavy atom. The zero-order valence-corrected chi connectivity index (χ0v) is 27.4. The molecule has 0 amide bonds. The maximum Gasteiger partial charge on any atom is 0.490 e. The average molecular weight is 724 g/mol. The lowest BCUT2D eigenvalue weighted by Crippen LogP contribution is -2.50. The number of halogens is 4. The number of ether oxygens (including phenoxy) is 2. The summed E-state index contributed by atoms with van der Waals surface area (Å²) in [5, 5.41) is 19.9. The molecule has 15 nitrogen and oxygen atoms in total. The molecule has 1 aromatic carbocycles. The third-order valence-electron chi connectivity index (χ3n) is 7.49. The summed E-state index contributed by atoms with van der Waals surface area (Å²) in [4.78, 5) is 30.1. The van der Waals surface area contributed by atoms with Crippen molar-refractivity contribution in [3.05, 3.63) is 53.4 Å². The predicted octanol–water partition coefficient (Wildman–Crippen LogP) is 4.15. The Kier molecular flexibility index (Phi) is 11.4. The van der Waals surface area contributed by atoms with Crippen molar-refractivity contribution in [3.63, 3.8) is 0 Å². The van der Waals surface area contributed by atoms with Gasteiger partial charge in [-0.3, -0.25) is 18.4 Å². The summed E-state index contributed by atoms with van der Waals surface area (Å²) in [7, 11) is -4.08. The van der Waals surface area contributed by atoms with Crippen LogP contribution in [-0.4, -0.2) is 79.9 Å². The van der Waals surface area contributed by atoms with Crippen LogP contribution in [0.15, 0.2) is 42.9 Å². The maximum atomic E-state index is 13.5. The fourth-order valence-corrected chi connectivity index (χ4v) is 6.49. The molecule has 48 heavy (non-hydrogen) atoms. The van der Waals surface area contributed by atoms with Crippen LogP contribution >= 0.6 is 19.4 Å². The van der Waals surface area contributed by atoms with Crippen molar-refractivity contribution in [3.8, 4) is 0 Å². The van der Waals surface area contributed by atoms with Crippen LogP contribution in [0.1, 0.15) is 45.1 Å². The van der Waals surface area contributed by atoms with Crippen molar-refractivity contribution >= 4 is 48.2 Å². The number of nitrogens with two attached hydrogens (primary N) is 2. The largest absolute Gasteiger partial charge is 0.490 e. The summed E-state index contributed by atoms with van der Waals surface area (Å²) >= 11 is 6.11. The highest BCUT2D eigenvalue weighted by Crippen LogP contribution is 2.57. The van der Waals surface area contributed by atoms with Crippen LogP contribution < -0.4 is 11.5 Å². The molecule has 2 aliphatic rings. The van der Waals surface area contributed by atoms with Gasteiger partial charge >= 0.3 is 25.9 Å². The van der Waals surface area contributed by atoms with Gasteiger partial charge in [0.15, 0.2) is 12.3 Å². The minimum absolute atomic E-state index is 0.110. The lowest BCUT2D eigenvalue weighted by molar-refractivity contribution is -0.192. The van der Waals surface area contributed by atoms with E-state index in [1.807, 2.05) is 0 Å². The van der Waals surface area contributed by atoms with E-state index < -0.39 is 68.7 Å². The number of rotatable bonds is 8. The molecule has 3 aromatic rings. The molecule has 264 valence electrons. The topological polar surface area (TPSA) is 221 Å². The summed E-state index contributed by atoms with van der Waals surface area (Å²) in [6, 6.07) is 7.74. The minimum atomic E-state index is -5.08. The molecule has 5 rings (SSSR count). The first-order valence-corrected chi connectivity index (χ1v) is 16.2. The number of phosphoric ester groups is 1. The first-order valence-electron chi connectivity index (χ1n) is 14.4. The second-order valence-electron chi connectivity index (χ2n) is 11.4. The molecule has 20 heteroatoms. The number of aromatic nitrogens is 3. The minimum Gasteiger partial charge on any atom is -0.475 e. The number of carboxylic acid groups (broad SMARTS) is 1. The van der Waals surface area contributed by atoms with Gasteiger partial charge in [0.1, 0.15) is 35.5 Å². The molecule has 2 aromatic heterocycles. The van der Waals surface area contributed by atoms with Crippen molar-refractivity contribution in [2.75, 3.05) is 18.9 Å². The standard InChI is InChI=1S/C26H33ClN5O8P.C2HF3O2/c1-14(2)20(28)24(33)39-21-19(12-37-41(35)36-10-8-18(40-41)15-5-4-6-16(27)11-15)38-25(26(21,3)34)32-9-7-17-22(29)30-13-31-23(17)32;3-2(4,5)1(6)7/h4-7,9,11,13-14,18-21,25,34H,8,10,12,28H2,1-3H3,(H2,29,30,31);(H,6,7)/t18-,19-,20+,21-,25-,26-,41?;/m1./s1. The number of anilines is 1. The maximum absolute atomic E-state index is 13.5. The number of nitrogen functional groups attached to an aromatic ring is 1. The quantitative estimate of drug-likeness (QED) is 0.190. The van der Waals surface area contributed by atoms with E-state index in [0.29, 0.717) is 22.5 Å². The third-order valence-corrected chi connectivity index (χ3v) is 9.20. The Labute approximate surface area is 276 Å². The van der Waals surface area contributed by atoms with Crippen LogP contribution in [-0.2, 0) is 37.2 Å². The summed E-state index contributed by atoms with van der Waals surface area (Å²) in [6.07, 6.45) is -5.80. The number of benzene rings is 1. The number of alkyl halides is 3. The molecule has 2 fully saturated rings. The Hall–Kier alpha value is -3.35. The molecule has 0 bridgehead atoms. The van der Waals surface area contributed by atoms with Gasteiger partial charge in [-0.2, -0.15) is 13.2 Å². The number of carbonyl (C=O) groups excluding carboxylic acids is 1. The van der Waals surface area contributed by atoms with Crippen LogP contribution in [0.2, 0.25) is 5.02 Å². The van der Waals surface area contributed by atoms with E-state index in [1.54, 1.807) is 54.9 Å². The van der Waals surface area contributed by atoms with Gasteiger partial charge < -0.3 is 35.7 Å². The first kappa shape index (κ1) is 37.5. The monoisotopic (exact) mass is 723 g/mol. The first-order chi connectivity index (χ1) is 22.3. The van der Waals surface area contributed by atoms with Gasteiger partial charge in [0.05, 0.1) is 24.7 Å². The lowest BCUT2D eigenvalue weighted by Gasteiger charge is -2.32. The molecule has 0 spiro atoms. The van der Waals surface area contributed by atoms with Crippen LogP contribution in [0.3, 0.4) is 0 Å². The number of aliphatic hydroxyl groups is 1. The van der Waals surface area contributed by atoms with E-state index in [9.17, 15) is 27.6 Å². The molecule has 0 aliphatic carbocycles. The van der Waals surface area contributed by atoms with Crippen molar-refractivity contribution in [2.24, 2.45) is 11.7 Å². The molecule has 6 N–H and O–H groups in total. The van der Waals surface area contributed by atoms with E-state index in [1.165, 1.54) is 13.3 Å². The van der Waals surface area contributed by atoms with Crippen LogP contribution in [0, 0.1) is 5.92 Å². The van der Waals surface area contributed by atoms with E-state index in [2.05, 4.69) is 9.97 Å². The van der Waals surface area contributed by atoms with Crippen LogP contribution in [0.25, 0.3) is 11.0 Å². The molecular formula is C28H34ClF3N5O10P. The number of nitrogens with zero attached hydrogens (tertiary/aromatic N) is 3. The number of carboxylic acids is 1. The van der Waals surface area contributed by atoms with E-state index in [4.69, 9.17) is 56.0 Å². The number of esters is 1. The predicted molar refractivity (Wildman–Crippen MR) is 162 cm³/mol. The summed E-state index contributed by atoms with van der Waals surface area (Å²) < 4.78 is 75.6. The van der Waals surface area contributed by atoms with Crippen molar-refractivity contribution in [1.29, 1.82) is 0 Å². The highest BCUT2D eigenvalue weighted by Gasteiger charge is 2.57. The van der Waals surface area contributed by atoms with Crippen molar-refractivity contribution in [2.45, 2.75) is 69.6 Å². The van der Waals surface area contributed by atoms with Crippen molar-refractivity contribution in [1.82, 2.24) is 14.5 Å². The average Bonchev–Trinajstić information content (AvgIpc) is 3.54. The van der Waals surface area contributed by atoms with Gasteiger partial charge in [0.2, 0.25) is 0 Å². The number of hydrogen-bond acceptors (Lipinski definition) is 13. The molecule has 7 atom stereocenters. The van der Waals surface area contributed by atoms with E-state index in [0.717, 1.165) is 5.56 Å². The van der Waals surface area contributed by atoms with Gasteiger partial charge in [0.25, 0.3) is 0 Å². The molecule has 2 aliphatic heterocycles. The number of fused-ring (bicyclic) bond motifs is 1. The molecular weight excluding hydrogens is 690 g/mol. The van der Waals surface area contributed by atoms with E-state index >= 15 is 0 Å². The van der Waals surface area contributed by atoms with Crippen LogP contribution in [0.5, 0.6) is 0 Å². The number of hydrogen-bond donors (Lipinski definition) is 4. The smallest absolute Gasteiger partial charge is 0.475 e. The molecule has 1 unspecified atom stereocenters. The SMILES string of the molecule is CC(C)[C@H](N)C(=O)O[C@@H]1[C@@H](COP2(=O)OCC[C@H](c3cccc(Cl)c3)O2)O[C@@H](n2ccc3c(N)ncnc32)[C@]1(C)O.O=C(O)C(F)(F)F. The molecule has 0 saturated carbocycles. The molecule has 0 radical (unpaired) electrons. The normalized spacial score (nSPS) is 28.1. The zero-order valence-electron chi connectivity index (χ0n) is 25.7. The fourth-order valence-electron chi connectivity index (χ4n) is 4.89. The highest BCUT2D eigenvalue weighted by molar-refractivity contribution is 7.48. The molecule has 2 saturated heterocycles. The number of carbonyl (C=O) groups is 2. The summed E-state index contributed by atoms with van der Waals surface area (Å²) in [5.41, 5.74) is 11.3. The summed E-state index contributed by atoms with van der Waals surface area (Å²) in [6.45, 7) is 4.70. The van der Waals surface area contributed by atoms with Crippen LogP contribution in [0.4, 0.5) is 19.0 Å². The second kappa shape index (κ2) is 14.6. The second-order valence-corrected chi connectivity index (χ2v) is 13.5. The van der Waals surface area contributed by atoms with Gasteiger partial charge in [0, 0.05) is 17.6 Å². The highest BCUT2D eigenvalue weighted by atomic mass is 35.5. The van der Waals surface area contributed by atoms with E-state index in [-0.39, 0.29) is 18.3 Å². The number of aliphatic carboxylic acids is 1. The fraction of sp³-hybridized carbons (Fsp3) is 0.500. The zero-order chi connectivity index (χ0) is 35.6. The van der Waals surface area contributed by atoms with Gasteiger partial charge in [-0.1, -0.05) is 37.6 Å². The van der Waals surface area contributed by atoms with Crippen molar-refractivity contribution < 1.29 is 60.6 Å². The summed E-state index contributed by atoms with van der Waals surface area (Å²) in [5.74, 6) is -3.47.